The van der Waals surface area contributed by atoms with Crippen LogP contribution in [-0.2, 0) is 20.4 Å². The van der Waals surface area contributed by atoms with Crippen LogP contribution in [0.4, 0.5) is 5.13 Å². The molecule has 4 rings (SSSR count). The monoisotopic (exact) mass is 542 g/mol. The number of nitrogens with zero attached hydrogens (tertiary/aromatic N) is 5. The molecule has 2 aromatic carbocycles. The molecule has 0 aliphatic heterocycles. The molecule has 2 aromatic heterocycles. The zero-order valence-electron chi connectivity index (χ0n) is 20.0. The summed E-state index contributed by atoms with van der Waals surface area (Å²) < 4.78 is 27.8. The Bertz CT molecular complexity index is 1420. The first-order chi connectivity index (χ1) is 17.3. The van der Waals surface area contributed by atoms with Crippen LogP contribution in [0.1, 0.15) is 43.9 Å². The summed E-state index contributed by atoms with van der Waals surface area (Å²) in [5, 5.41) is 20.8. The van der Waals surface area contributed by atoms with Gasteiger partial charge in [0.1, 0.15) is 10.8 Å². The van der Waals surface area contributed by atoms with Crippen LogP contribution in [0.3, 0.4) is 0 Å². The average molecular weight is 543 g/mol. The largest absolute Gasteiger partial charge is 0.300 e. The minimum Gasteiger partial charge on any atom is -0.300 e. The molecule has 1 amide bonds. The van der Waals surface area contributed by atoms with E-state index in [1.54, 1.807) is 34.9 Å². The number of anilines is 1. The molecular weight excluding hydrogens is 517 g/mol. The standard InChI is InChI=1S/C24H26N6O3S3/c1-4-19(21(31)25-23-28-27-22(35-23)16(2)3)34-24-29-26-20(30(24)17-11-7-5-8-12-17)15-36(32,33)18-13-9-6-10-14-18/h5-14,16,19H,4,15H2,1-3H3,(H,25,28,31). The van der Waals surface area contributed by atoms with Crippen molar-refractivity contribution in [1.29, 1.82) is 0 Å². The van der Waals surface area contributed by atoms with Gasteiger partial charge in [-0.1, -0.05) is 80.3 Å². The van der Waals surface area contributed by atoms with Crippen molar-refractivity contribution in [1.82, 2.24) is 25.0 Å². The molecule has 188 valence electrons. The molecule has 36 heavy (non-hydrogen) atoms. The van der Waals surface area contributed by atoms with Crippen molar-refractivity contribution in [2.75, 3.05) is 5.32 Å². The van der Waals surface area contributed by atoms with Gasteiger partial charge >= 0.3 is 0 Å². The quantitative estimate of drug-likeness (QED) is 0.286. The highest BCUT2D eigenvalue weighted by Gasteiger charge is 2.27. The fraction of sp³-hybridized carbons (Fsp3) is 0.292. The number of sulfone groups is 1. The highest BCUT2D eigenvalue weighted by Crippen LogP contribution is 2.30. The summed E-state index contributed by atoms with van der Waals surface area (Å²) in [5.74, 6) is -0.0614. The van der Waals surface area contributed by atoms with E-state index in [0.29, 0.717) is 22.4 Å². The van der Waals surface area contributed by atoms with Crippen LogP contribution < -0.4 is 5.32 Å². The van der Waals surface area contributed by atoms with E-state index in [1.807, 2.05) is 51.1 Å². The van der Waals surface area contributed by atoms with Crippen LogP contribution in [0.25, 0.3) is 5.69 Å². The zero-order chi connectivity index (χ0) is 25.7. The van der Waals surface area contributed by atoms with Gasteiger partial charge in [0.05, 0.1) is 10.1 Å². The topological polar surface area (TPSA) is 120 Å². The van der Waals surface area contributed by atoms with Crippen molar-refractivity contribution in [2.24, 2.45) is 0 Å². The molecule has 1 N–H and O–H groups in total. The second-order valence-corrected chi connectivity index (χ2v) is 12.4. The highest BCUT2D eigenvalue weighted by molar-refractivity contribution is 8.00. The van der Waals surface area contributed by atoms with E-state index < -0.39 is 15.1 Å². The Morgan fingerprint density at radius 1 is 1.00 bits per heavy atom. The van der Waals surface area contributed by atoms with Crippen molar-refractivity contribution < 1.29 is 13.2 Å². The van der Waals surface area contributed by atoms with E-state index >= 15 is 0 Å². The SMILES string of the molecule is CCC(Sc1nnc(CS(=O)(=O)c2ccccc2)n1-c1ccccc1)C(=O)Nc1nnc(C(C)C)s1. The Hall–Kier alpha value is -3.09. The van der Waals surface area contributed by atoms with Crippen molar-refractivity contribution in [3.63, 3.8) is 0 Å². The Morgan fingerprint density at radius 2 is 1.67 bits per heavy atom. The predicted molar refractivity (Wildman–Crippen MR) is 141 cm³/mol. The fourth-order valence-corrected chi connectivity index (χ4v) is 6.35. The number of carbonyl (C=O) groups is 1. The molecule has 1 unspecified atom stereocenters. The Balaban J connectivity index is 1.62. The average Bonchev–Trinajstić information content (AvgIpc) is 3.50. The zero-order valence-corrected chi connectivity index (χ0v) is 22.5. The number of hydrogen-bond acceptors (Lipinski definition) is 9. The molecule has 12 heteroatoms. The van der Waals surface area contributed by atoms with Gasteiger partial charge in [0, 0.05) is 11.6 Å². The number of hydrogen-bond donors (Lipinski definition) is 1. The van der Waals surface area contributed by atoms with E-state index in [-0.39, 0.29) is 28.3 Å². The minimum absolute atomic E-state index is 0.213. The van der Waals surface area contributed by atoms with Crippen molar-refractivity contribution in [3.8, 4) is 5.69 Å². The maximum atomic E-state index is 13.1. The van der Waals surface area contributed by atoms with Gasteiger partial charge < -0.3 is 0 Å². The molecule has 2 heterocycles. The summed E-state index contributed by atoms with van der Waals surface area (Å²) in [6.45, 7) is 5.94. The summed E-state index contributed by atoms with van der Waals surface area (Å²) in [6.07, 6.45) is 0.519. The molecule has 4 aromatic rings. The Kier molecular flexibility index (Phi) is 8.17. The van der Waals surface area contributed by atoms with Crippen LogP contribution >= 0.6 is 23.1 Å². The van der Waals surface area contributed by atoms with E-state index in [9.17, 15) is 13.2 Å². The van der Waals surface area contributed by atoms with Crippen LogP contribution in [-0.4, -0.2) is 44.5 Å². The summed E-state index contributed by atoms with van der Waals surface area (Å²) >= 11 is 2.58. The van der Waals surface area contributed by atoms with E-state index in [2.05, 4.69) is 25.7 Å². The molecular formula is C24H26N6O3S3. The van der Waals surface area contributed by atoms with Crippen LogP contribution in [0.2, 0.25) is 0 Å². The lowest BCUT2D eigenvalue weighted by Crippen LogP contribution is -2.25. The number of nitrogens with one attached hydrogen (secondary N) is 1. The molecule has 1 atom stereocenters. The molecule has 0 spiro atoms. The van der Waals surface area contributed by atoms with Gasteiger partial charge in [0.2, 0.25) is 11.0 Å². The van der Waals surface area contributed by atoms with Crippen LogP contribution in [0, 0.1) is 0 Å². The van der Waals surface area contributed by atoms with Gasteiger partial charge in [-0.3, -0.25) is 14.7 Å². The molecule has 0 aliphatic carbocycles. The Morgan fingerprint density at radius 3 is 2.28 bits per heavy atom. The number of amides is 1. The lowest BCUT2D eigenvalue weighted by atomic mass is 10.2. The van der Waals surface area contributed by atoms with Crippen LogP contribution in [0.15, 0.2) is 70.7 Å². The summed E-state index contributed by atoms with van der Waals surface area (Å²) in [4.78, 5) is 13.3. The summed E-state index contributed by atoms with van der Waals surface area (Å²) in [5.41, 5.74) is 0.712. The predicted octanol–water partition coefficient (Wildman–Crippen LogP) is 4.73. The normalized spacial score (nSPS) is 12.6. The van der Waals surface area contributed by atoms with Gasteiger partial charge in [0.15, 0.2) is 20.8 Å². The molecule has 0 saturated heterocycles. The molecule has 0 fully saturated rings. The summed E-state index contributed by atoms with van der Waals surface area (Å²) in [6, 6.07) is 17.5. The number of rotatable bonds is 10. The van der Waals surface area contributed by atoms with Gasteiger partial charge in [-0.05, 0) is 30.7 Å². The van der Waals surface area contributed by atoms with E-state index in [1.165, 1.54) is 23.1 Å². The Labute approximate surface area is 218 Å². The number of para-hydroxylation sites is 1. The number of carbonyl (C=O) groups excluding carboxylic acids is 1. The molecule has 0 radical (unpaired) electrons. The molecule has 0 saturated carbocycles. The molecule has 0 bridgehead atoms. The first kappa shape index (κ1) is 26.0. The van der Waals surface area contributed by atoms with E-state index in [0.717, 1.165) is 5.01 Å². The third-order valence-corrected chi connectivity index (χ3v) is 9.29. The number of aromatic nitrogens is 5. The first-order valence-corrected chi connectivity index (χ1v) is 14.7. The van der Waals surface area contributed by atoms with Gasteiger partial charge in [0.25, 0.3) is 0 Å². The van der Waals surface area contributed by atoms with Gasteiger partial charge in [-0.25, -0.2) is 8.42 Å². The lowest BCUT2D eigenvalue weighted by molar-refractivity contribution is -0.115. The molecule has 9 nitrogen and oxygen atoms in total. The number of benzene rings is 2. The number of thioether (sulfide) groups is 1. The van der Waals surface area contributed by atoms with E-state index in [4.69, 9.17) is 0 Å². The second kappa shape index (κ2) is 11.3. The molecule has 0 aliphatic rings. The third kappa shape index (κ3) is 6.00. The smallest absolute Gasteiger partial charge is 0.239 e. The maximum absolute atomic E-state index is 13.1. The second-order valence-electron chi connectivity index (χ2n) is 8.25. The van der Waals surface area contributed by atoms with Gasteiger partial charge in [-0.2, -0.15) is 0 Å². The highest BCUT2D eigenvalue weighted by atomic mass is 32.2. The lowest BCUT2D eigenvalue weighted by Gasteiger charge is -2.15. The maximum Gasteiger partial charge on any atom is 0.239 e. The third-order valence-electron chi connectivity index (χ3n) is 5.21. The summed E-state index contributed by atoms with van der Waals surface area (Å²) in [7, 11) is -3.65. The van der Waals surface area contributed by atoms with Crippen molar-refractivity contribution in [2.45, 2.75) is 54.2 Å². The van der Waals surface area contributed by atoms with Crippen molar-refractivity contribution >= 4 is 44.0 Å². The van der Waals surface area contributed by atoms with Gasteiger partial charge in [-0.15, -0.1) is 20.4 Å². The van der Waals surface area contributed by atoms with Crippen molar-refractivity contribution in [3.05, 3.63) is 71.5 Å². The minimum atomic E-state index is -3.65. The van der Waals surface area contributed by atoms with Crippen LogP contribution in [0.5, 0.6) is 0 Å². The first-order valence-electron chi connectivity index (χ1n) is 11.4. The fourth-order valence-electron chi connectivity index (χ4n) is 3.34.